The van der Waals surface area contributed by atoms with Crippen molar-refractivity contribution in [3.8, 4) is 11.6 Å². The summed E-state index contributed by atoms with van der Waals surface area (Å²) in [4.78, 5) is 18.5. The average molecular weight is 377 g/mol. The lowest BCUT2D eigenvalue weighted by atomic mass is 10.2. The van der Waals surface area contributed by atoms with E-state index in [4.69, 9.17) is 9.47 Å². The number of hydrogen-bond donors (Lipinski definition) is 0. The molecule has 5 nitrogen and oxygen atoms in total. The van der Waals surface area contributed by atoms with Crippen LogP contribution in [0.25, 0.3) is 0 Å². The highest BCUT2D eigenvalue weighted by atomic mass is 79.9. The molecule has 0 N–H and O–H groups in total. The van der Waals surface area contributed by atoms with E-state index in [1.165, 1.54) is 0 Å². The minimum atomic E-state index is -0.0262. The summed E-state index contributed by atoms with van der Waals surface area (Å²) < 4.78 is 12.1. The average Bonchev–Trinajstić information content (AvgIpc) is 2.55. The Labute approximate surface area is 143 Å². The van der Waals surface area contributed by atoms with E-state index in [0.29, 0.717) is 36.9 Å². The SMILES string of the molecule is CC1CN(C(=O)c2ccc(Oc3cccc(Br)c3)nc2)CCO1. The molecule has 1 unspecified atom stereocenters. The number of benzene rings is 1. The zero-order valence-electron chi connectivity index (χ0n) is 12.7. The minimum Gasteiger partial charge on any atom is -0.439 e. The third kappa shape index (κ3) is 4.09. The number of halogens is 1. The highest BCUT2D eigenvalue weighted by Gasteiger charge is 2.22. The number of carbonyl (C=O) groups excluding carboxylic acids is 1. The van der Waals surface area contributed by atoms with Crippen LogP contribution in [0.15, 0.2) is 47.1 Å². The molecule has 120 valence electrons. The molecule has 0 aliphatic carbocycles. The van der Waals surface area contributed by atoms with Crippen LogP contribution in [0.5, 0.6) is 11.6 Å². The molecule has 0 saturated carbocycles. The fourth-order valence-electron chi connectivity index (χ4n) is 2.40. The van der Waals surface area contributed by atoms with Crippen molar-refractivity contribution in [3.05, 3.63) is 52.6 Å². The minimum absolute atomic E-state index is 0.0262. The molecule has 1 fully saturated rings. The zero-order valence-corrected chi connectivity index (χ0v) is 14.3. The largest absolute Gasteiger partial charge is 0.439 e. The molecule has 1 aliphatic rings. The lowest BCUT2D eigenvalue weighted by Gasteiger charge is -2.31. The summed E-state index contributed by atoms with van der Waals surface area (Å²) in [5.41, 5.74) is 0.556. The molecule has 1 amide bonds. The van der Waals surface area contributed by atoms with Gasteiger partial charge in [-0.3, -0.25) is 4.79 Å². The lowest BCUT2D eigenvalue weighted by Crippen LogP contribution is -2.44. The summed E-state index contributed by atoms with van der Waals surface area (Å²) in [7, 11) is 0. The van der Waals surface area contributed by atoms with Crippen molar-refractivity contribution < 1.29 is 14.3 Å². The molecule has 1 atom stereocenters. The van der Waals surface area contributed by atoms with Gasteiger partial charge < -0.3 is 14.4 Å². The smallest absolute Gasteiger partial charge is 0.255 e. The number of amides is 1. The first-order chi connectivity index (χ1) is 11.1. The summed E-state index contributed by atoms with van der Waals surface area (Å²) in [5.74, 6) is 1.12. The van der Waals surface area contributed by atoms with Gasteiger partial charge in [-0.15, -0.1) is 0 Å². The van der Waals surface area contributed by atoms with Gasteiger partial charge in [0, 0.05) is 29.8 Å². The Morgan fingerprint density at radius 1 is 1.39 bits per heavy atom. The molecular formula is C17H17BrN2O3. The van der Waals surface area contributed by atoms with Crippen LogP contribution in [0.1, 0.15) is 17.3 Å². The standard InChI is InChI=1S/C17H17BrN2O3/c1-12-11-20(7-8-22-12)17(21)13-5-6-16(19-10-13)23-15-4-2-3-14(18)9-15/h2-6,9-10,12H,7-8,11H2,1H3. The lowest BCUT2D eigenvalue weighted by molar-refractivity contribution is -0.0124. The van der Waals surface area contributed by atoms with Gasteiger partial charge in [0.05, 0.1) is 18.3 Å². The Bertz CT molecular complexity index is 690. The molecule has 1 aliphatic heterocycles. The fourth-order valence-corrected chi connectivity index (χ4v) is 2.78. The number of morpholine rings is 1. The van der Waals surface area contributed by atoms with Gasteiger partial charge >= 0.3 is 0 Å². The Morgan fingerprint density at radius 2 is 2.26 bits per heavy atom. The van der Waals surface area contributed by atoms with Gasteiger partial charge in [0.15, 0.2) is 0 Å². The van der Waals surface area contributed by atoms with E-state index in [-0.39, 0.29) is 12.0 Å². The Morgan fingerprint density at radius 3 is 2.96 bits per heavy atom. The number of carbonyl (C=O) groups is 1. The highest BCUT2D eigenvalue weighted by Crippen LogP contribution is 2.23. The van der Waals surface area contributed by atoms with E-state index in [1.54, 1.807) is 23.2 Å². The number of ether oxygens (including phenoxy) is 2. The van der Waals surface area contributed by atoms with Crippen LogP contribution in [-0.4, -0.2) is 41.6 Å². The van der Waals surface area contributed by atoms with Crippen molar-refractivity contribution in [3.63, 3.8) is 0 Å². The van der Waals surface area contributed by atoms with Gasteiger partial charge in [-0.2, -0.15) is 0 Å². The van der Waals surface area contributed by atoms with Crippen molar-refractivity contribution in [1.29, 1.82) is 0 Å². The molecule has 0 spiro atoms. The quantitative estimate of drug-likeness (QED) is 0.822. The van der Waals surface area contributed by atoms with E-state index in [1.807, 2.05) is 31.2 Å². The van der Waals surface area contributed by atoms with Crippen LogP contribution in [0, 0.1) is 0 Å². The van der Waals surface area contributed by atoms with Crippen LogP contribution in [-0.2, 0) is 4.74 Å². The molecular weight excluding hydrogens is 360 g/mol. The second-order valence-corrected chi connectivity index (χ2v) is 6.29. The topological polar surface area (TPSA) is 51.7 Å². The molecule has 3 rings (SSSR count). The second kappa shape index (κ2) is 7.10. The first-order valence-electron chi connectivity index (χ1n) is 7.42. The van der Waals surface area contributed by atoms with Gasteiger partial charge in [-0.1, -0.05) is 22.0 Å². The number of pyridine rings is 1. The van der Waals surface area contributed by atoms with Crippen LogP contribution < -0.4 is 4.74 Å². The Hall–Kier alpha value is -1.92. The second-order valence-electron chi connectivity index (χ2n) is 5.38. The Kier molecular flexibility index (Phi) is 4.93. The summed E-state index contributed by atoms with van der Waals surface area (Å²) in [6.07, 6.45) is 1.62. The monoisotopic (exact) mass is 376 g/mol. The van der Waals surface area contributed by atoms with Crippen LogP contribution in [0.3, 0.4) is 0 Å². The third-order valence-corrected chi connectivity index (χ3v) is 4.02. The summed E-state index contributed by atoms with van der Waals surface area (Å²) in [5, 5.41) is 0. The van der Waals surface area contributed by atoms with Crippen LogP contribution >= 0.6 is 15.9 Å². The molecule has 2 aromatic rings. The molecule has 1 aromatic heterocycles. The number of nitrogens with zero attached hydrogens (tertiary/aromatic N) is 2. The number of aromatic nitrogens is 1. The Balaban J connectivity index is 1.68. The maximum Gasteiger partial charge on any atom is 0.255 e. The maximum atomic E-state index is 12.4. The molecule has 1 aromatic carbocycles. The van der Waals surface area contributed by atoms with Crippen molar-refractivity contribution in [2.45, 2.75) is 13.0 Å². The van der Waals surface area contributed by atoms with E-state index in [0.717, 1.165) is 4.47 Å². The molecule has 0 bridgehead atoms. The summed E-state index contributed by atoms with van der Waals surface area (Å²) in [6, 6.07) is 11.0. The van der Waals surface area contributed by atoms with Gasteiger partial charge in [0.25, 0.3) is 5.91 Å². The first-order valence-corrected chi connectivity index (χ1v) is 8.21. The van der Waals surface area contributed by atoms with Crippen molar-refractivity contribution in [1.82, 2.24) is 9.88 Å². The zero-order chi connectivity index (χ0) is 16.2. The van der Waals surface area contributed by atoms with Gasteiger partial charge in [-0.25, -0.2) is 4.98 Å². The van der Waals surface area contributed by atoms with Crippen molar-refractivity contribution in [2.75, 3.05) is 19.7 Å². The molecule has 0 radical (unpaired) electrons. The van der Waals surface area contributed by atoms with Crippen molar-refractivity contribution >= 4 is 21.8 Å². The number of hydrogen-bond acceptors (Lipinski definition) is 4. The predicted molar refractivity (Wildman–Crippen MR) is 89.8 cm³/mol. The summed E-state index contributed by atoms with van der Waals surface area (Å²) >= 11 is 3.39. The molecule has 1 saturated heterocycles. The maximum absolute atomic E-state index is 12.4. The number of rotatable bonds is 3. The molecule has 23 heavy (non-hydrogen) atoms. The van der Waals surface area contributed by atoms with Crippen LogP contribution in [0.2, 0.25) is 0 Å². The third-order valence-electron chi connectivity index (χ3n) is 3.53. The molecule has 6 heteroatoms. The van der Waals surface area contributed by atoms with Gasteiger partial charge in [-0.05, 0) is 31.2 Å². The van der Waals surface area contributed by atoms with Gasteiger partial charge in [0.1, 0.15) is 5.75 Å². The normalized spacial score (nSPS) is 17.8. The van der Waals surface area contributed by atoms with E-state index >= 15 is 0 Å². The van der Waals surface area contributed by atoms with Gasteiger partial charge in [0.2, 0.25) is 5.88 Å². The van der Waals surface area contributed by atoms with E-state index in [2.05, 4.69) is 20.9 Å². The van der Waals surface area contributed by atoms with Crippen LogP contribution in [0.4, 0.5) is 0 Å². The predicted octanol–water partition coefficient (Wildman–Crippen LogP) is 3.50. The van der Waals surface area contributed by atoms with Crippen molar-refractivity contribution in [2.24, 2.45) is 0 Å². The fraction of sp³-hybridized carbons (Fsp3) is 0.294. The first kappa shape index (κ1) is 16.0. The summed E-state index contributed by atoms with van der Waals surface area (Å²) in [6.45, 7) is 3.76. The molecule has 2 heterocycles. The highest BCUT2D eigenvalue weighted by molar-refractivity contribution is 9.10. The van der Waals surface area contributed by atoms with E-state index in [9.17, 15) is 4.79 Å². The van der Waals surface area contributed by atoms with E-state index < -0.39 is 0 Å².